The van der Waals surface area contributed by atoms with Gasteiger partial charge in [0.1, 0.15) is 0 Å². The number of hydrogen-bond acceptors (Lipinski definition) is 1. The smallest absolute Gasteiger partial charge is 0.211 e. The third-order valence-electron chi connectivity index (χ3n) is 8.62. The third kappa shape index (κ3) is 3.73. The van der Waals surface area contributed by atoms with E-state index in [2.05, 4.69) is 69.1 Å². The number of benzene rings is 6. The van der Waals surface area contributed by atoms with Crippen molar-refractivity contribution < 1.29 is 0 Å². The highest BCUT2D eigenvalue weighted by Gasteiger charge is 2.20. The van der Waals surface area contributed by atoms with E-state index in [1.807, 2.05) is 45.5 Å². The van der Waals surface area contributed by atoms with Crippen LogP contribution in [0.3, 0.4) is 0 Å². The van der Waals surface area contributed by atoms with Crippen LogP contribution < -0.4 is 0 Å². The molecule has 210 valence electrons. The van der Waals surface area contributed by atoms with Crippen molar-refractivity contribution in [3.63, 3.8) is 0 Å². The first-order valence-electron chi connectivity index (χ1n) is 14.5. The molecule has 0 aliphatic carbocycles. The Morgan fingerprint density at radius 1 is 0.457 bits per heavy atom. The fraction of sp³-hybridized carbons (Fsp3) is 0. The Labute approximate surface area is 264 Å². The molecule has 0 saturated heterocycles. The first-order valence-corrected chi connectivity index (χ1v) is 14.5. The van der Waals surface area contributed by atoms with Crippen LogP contribution >= 0.6 is 0 Å². The molecular formula is C40H20N6. The van der Waals surface area contributed by atoms with E-state index >= 15 is 0 Å². The molecule has 8 aromatic rings. The van der Waals surface area contributed by atoms with Crippen LogP contribution in [0.15, 0.2) is 121 Å². The van der Waals surface area contributed by atoms with E-state index in [1.165, 1.54) is 0 Å². The molecule has 0 unspecified atom stereocenters. The molecule has 0 spiro atoms. The van der Waals surface area contributed by atoms with Crippen molar-refractivity contribution in [3.05, 3.63) is 161 Å². The zero-order chi connectivity index (χ0) is 31.4. The van der Waals surface area contributed by atoms with E-state index in [0.29, 0.717) is 34.0 Å². The largest absolute Gasteiger partial charge is 0.329 e. The zero-order valence-electron chi connectivity index (χ0n) is 24.2. The van der Waals surface area contributed by atoms with Crippen molar-refractivity contribution in [3.8, 4) is 28.6 Å². The molecule has 0 radical (unpaired) electrons. The minimum atomic E-state index is 0.425. The van der Waals surface area contributed by atoms with Crippen LogP contribution in [0.5, 0.6) is 0 Å². The van der Waals surface area contributed by atoms with E-state index in [4.69, 9.17) is 19.7 Å². The number of rotatable bonds is 3. The van der Waals surface area contributed by atoms with Crippen LogP contribution in [0.2, 0.25) is 0 Å². The van der Waals surface area contributed by atoms with Gasteiger partial charge in [0.15, 0.2) is 11.4 Å². The van der Waals surface area contributed by atoms with Gasteiger partial charge in [-0.3, -0.25) is 0 Å². The Balaban J connectivity index is 1.38. The van der Waals surface area contributed by atoms with Gasteiger partial charge in [-0.1, -0.05) is 78.9 Å². The highest BCUT2D eigenvalue weighted by atomic mass is 15.0. The monoisotopic (exact) mass is 584 g/mol. The normalized spacial score (nSPS) is 11.0. The molecule has 6 nitrogen and oxygen atoms in total. The van der Waals surface area contributed by atoms with E-state index in [9.17, 15) is 5.26 Å². The summed E-state index contributed by atoms with van der Waals surface area (Å²) in [6, 6.07) is 41.6. The maximum atomic E-state index is 9.97. The van der Waals surface area contributed by atoms with Gasteiger partial charge < -0.3 is 9.13 Å². The van der Waals surface area contributed by atoms with Gasteiger partial charge in [0.25, 0.3) is 0 Å². The molecule has 0 amide bonds. The van der Waals surface area contributed by atoms with Crippen molar-refractivity contribution in [2.24, 2.45) is 0 Å². The van der Waals surface area contributed by atoms with E-state index < -0.39 is 0 Å². The van der Waals surface area contributed by atoms with Gasteiger partial charge in [0.2, 0.25) is 5.69 Å². The average molecular weight is 585 g/mol. The standard InChI is InChI=1S/C40H20N6/c1-42-32-13-8-10-27(24-41)39(32)45-35-16-6-4-11-28(35)30-22-25(18-20-37(30)45)26-19-21-38-31(23-26)29-12-5-7-17-36(29)46(38)40-33(43-2)14-9-15-34(40)44-3/h4-23H. The first-order chi connectivity index (χ1) is 22.7. The third-order valence-corrected chi connectivity index (χ3v) is 8.62. The van der Waals surface area contributed by atoms with Crippen molar-refractivity contribution in [2.75, 3.05) is 0 Å². The van der Waals surface area contributed by atoms with E-state index in [-0.39, 0.29) is 0 Å². The molecule has 8 rings (SSSR count). The molecule has 6 heteroatoms. The molecule has 0 saturated carbocycles. The summed E-state index contributed by atoms with van der Waals surface area (Å²) in [5.74, 6) is 0. The summed E-state index contributed by atoms with van der Waals surface area (Å²) in [4.78, 5) is 11.3. The number of fused-ring (bicyclic) bond motifs is 6. The van der Waals surface area contributed by atoms with Gasteiger partial charge in [-0.25, -0.2) is 14.5 Å². The maximum absolute atomic E-state index is 9.97. The molecule has 0 bridgehead atoms. The second-order valence-corrected chi connectivity index (χ2v) is 10.9. The Morgan fingerprint density at radius 3 is 1.39 bits per heavy atom. The summed E-state index contributed by atoms with van der Waals surface area (Å²) in [5.41, 5.74) is 8.66. The van der Waals surface area contributed by atoms with Crippen molar-refractivity contribution in [1.82, 2.24) is 9.13 Å². The number of aromatic nitrogens is 2. The van der Waals surface area contributed by atoms with E-state index in [0.717, 1.165) is 54.7 Å². The van der Waals surface area contributed by atoms with Crippen LogP contribution in [0.1, 0.15) is 5.56 Å². The van der Waals surface area contributed by atoms with Gasteiger partial charge in [-0.05, 0) is 53.6 Å². The Morgan fingerprint density at radius 2 is 0.891 bits per heavy atom. The molecule has 0 aliphatic heterocycles. The quantitative estimate of drug-likeness (QED) is 0.191. The lowest BCUT2D eigenvalue weighted by Crippen LogP contribution is -1.97. The summed E-state index contributed by atoms with van der Waals surface area (Å²) in [6.07, 6.45) is 0. The van der Waals surface area contributed by atoms with Crippen LogP contribution in [0.25, 0.3) is 80.6 Å². The second kappa shape index (κ2) is 10.3. The minimum Gasteiger partial charge on any atom is -0.329 e. The average Bonchev–Trinajstić information content (AvgIpc) is 3.62. The lowest BCUT2D eigenvalue weighted by molar-refractivity contribution is 1.17. The molecule has 0 aliphatic rings. The van der Waals surface area contributed by atoms with Gasteiger partial charge >= 0.3 is 0 Å². The number of nitriles is 1. The summed E-state index contributed by atoms with van der Waals surface area (Å²) in [5, 5.41) is 14.1. The molecule has 0 N–H and O–H groups in total. The minimum absolute atomic E-state index is 0.425. The van der Waals surface area contributed by atoms with Crippen LogP contribution in [0, 0.1) is 31.0 Å². The fourth-order valence-electron chi connectivity index (χ4n) is 6.66. The van der Waals surface area contributed by atoms with Gasteiger partial charge in [0, 0.05) is 21.5 Å². The maximum Gasteiger partial charge on any atom is 0.211 e. The van der Waals surface area contributed by atoms with Crippen molar-refractivity contribution in [1.29, 1.82) is 5.26 Å². The molecule has 2 aromatic heterocycles. The Hall–Kier alpha value is -7.12. The van der Waals surface area contributed by atoms with Gasteiger partial charge in [0.05, 0.1) is 64.8 Å². The van der Waals surface area contributed by atoms with Gasteiger partial charge in [-0.2, -0.15) is 5.26 Å². The lowest BCUT2D eigenvalue weighted by atomic mass is 10.0. The molecule has 0 atom stereocenters. The highest BCUT2D eigenvalue weighted by molar-refractivity contribution is 6.13. The molecule has 46 heavy (non-hydrogen) atoms. The fourth-order valence-corrected chi connectivity index (χ4v) is 6.66. The van der Waals surface area contributed by atoms with Crippen molar-refractivity contribution in [2.45, 2.75) is 0 Å². The number of para-hydroxylation sites is 4. The Kier molecular flexibility index (Phi) is 5.91. The molecule has 6 aromatic carbocycles. The number of nitrogens with zero attached hydrogens (tertiary/aromatic N) is 6. The summed E-state index contributed by atoms with van der Waals surface area (Å²) >= 11 is 0. The first kappa shape index (κ1) is 26.5. The molecular weight excluding hydrogens is 564 g/mol. The summed E-state index contributed by atoms with van der Waals surface area (Å²) in [7, 11) is 0. The van der Waals surface area contributed by atoms with Crippen LogP contribution in [-0.4, -0.2) is 9.13 Å². The topological polar surface area (TPSA) is 46.7 Å². The SMILES string of the molecule is [C-]#[N+]c1cccc(C#N)c1-n1c2ccccc2c2cc(-c3ccc4c(c3)c3ccccc3n4-c3c([N+]#[C-])cccc3[N+]#[C-])ccc21. The molecule has 2 heterocycles. The van der Waals surface area contributed by atoms with Crippen LogP contribution in [0.4, 0.5) is 17.1 Å². The van der Waals surface area contributed by atoms with Crippen LogP contribution in [-0.2, 0) is 0 Å². The second-order valence-electron chi connectivity index (χ2n) is 10.9. The zero-order valence-corrected chi connectivity index (χ0v) is 24.2. The predicted octanol–water partition coefficient (Wildman–Crippen LogP) is 11.1. The predicted molar refractivity (Wildman–Crippen MR) is 184 cm³/mol. The summed E-state index contributed by atoms with van der Waals surface area (Å²) in [6.45, 7) is 23.5. The van der Waals surface area contributed by atoms with Crippen molar-refractivity contribution >= 4 is 60.7 Å². The van der Waals surface area contributed by atoms with E-state index in [1.54, 1.807) is 36.4 Å². The highest BCUT2D eigenvalue weighted by Crippen LogP contribution is 2.43. The summed E-state index contributed by atoms with van der Waals surface area (Å²) < 4.78 is 4.06. The number of hydrogen-bond donors (Lipinski definition) is 0. The molecule has 0 fully saturated rings. The lowest BCUT2D eigenvalue weighted by Gasteiger charge is -2.13. The van der Waals surface area contributed by atoms with Gasteiger partial charge in [-0.15, -0.1) is 0 Å². The Bertz CT molecular complexity index is 2490.